The average Bonchev–Trinajstić information content (AvgIpc) is 2.32. The largest absolute Gasteiger partial charge is 0.381 e. The van der Waals surface area contributed by atoms with Gasteiger partial charge in [0.25, 0.3) is 0 Å². The van der Waals surface area contributed by atoms with Gasteiger partial charge in [-0.1, -0.05) is 13.8 Å². The van der Waals surface area contributed by atoms with Crippen molar-refractivity contribution < 1.29 is 13.2 Å². The van der Waals surface area contributed by atoms with E-state index in [1.165, 1.54) is 0 Å². The van der Waals surface area contributed by atoms with Gasteiger partial charge in [-0.3, -0.25) is 0 Å². The summed E-state index contributed by atoms with van der Waals surface area (Å²) in [6.45, 7) is 9.09. The van der Waals surface area contributed by atoms with E-state index in [0.29, 0.717) is 38.3 Å². The lowest BCUT2D eigenvalue weighted by atomic mass is 9.95. The zero-order chi connectivity index (χ0) is 13.6. The first-order valence-corrected chi connectivity index (χ1v) is 8.41. The Labute approximate surface area is 111 Å². The molecule has 0 aromatic rings. The van der Waals surface area contributed by atoms with Crippen LogP contribution in [0.3, 0.4) is 0 Å². The summed E-state index contributed by atoms with van der Waals surface area (Å²) in [7, 11) is -3.15. The van der Waals surface area contributed by atoms with Gasteiger partial charge >= 0.3 is 0 Å². The second-order valence-corrected chi connectivity index (χ2v) is 6.89. The van der Waals surface area contributed by atoms with Crippen LogP contribution in [0.1, 0.15) is 27.2 Å². The molecular weight excluding hydrogens is 252 g/mol. The number of sulfonamides is 1. The monoisotopic (exact) mass is 278 g/mol. The first kappa shape index (κ1) is 15.9. The molecule has 2 atom stereocenters. The van der Waals surface area contributed by atoms with Gasteiger partial charge in [0, 0.05) is 25.7 Å². The van der Waals surface area contributed by atoms with E-state index in [2.05, 4.69) is 19.2 Å². The predicted octanol–water partition coefficient (Wildman–Crippen LogP) is 0.673. The third-order valence-corrected chi connectivity index (χ3v) is 5.22. The van der Waals surface area contributed by atoms with Crippen LogP contribution in [0.5, 0.6) is 0 Å². The standard InChI is InChI=1S/C12H26N2O3S/c1-4-13-12-6-7-14(10-11(12)3)18(15,16)9-8-17-5-2/h11-13H,4-10H2,1-3H3. The molecular formula is C12H26N2O3S. The number of nitrogens with zero attached hydrogens (tertiary/aromatic N) is 1. The molecule has 108 valence electrons. The van der Waals surface area contributed by atoms with Crippen molar-refractivity contribution in [3.05, 3.63) is 0 Å². The SMILES string of the molecule is CCNC1CCN(S(=O)(=O)CCOCC)CC1C. The Morgan fingerprint density at radius 3 is 2.67 bits per heavy atom. The summed E-state index contributed by atoms with van der Waals surface area (Å²) >= 11 is 0. The minimum absolute atomic E-state index is 0.0967. The van der Waals surface area contributed by atoms with Crippen molar-refractivity contribution in [1.29, 1.82) is 0 Å². The van der Waals surface area contributed by atoms with E-state index < -0.39 is 10.0 Å². The molecule has 6 heteroatoms. The first-order valence-electron chi connectivity index (χ1n) is 6.80. The summed E-state index contributed by atoms with van der Waals surface area (Å²) in [5, 5.41) is 3.41. The smallest absolute Gasteiger partial charge is 0.216 e. The van der Waals surface area contributed by atoms with Gasteiger partial charge < -0.3 is 10.1 Å². The van der Waals surface area contributed by atoms with Crippen molar-refractivity contribution in [1.82, 2.24) is 9.62 Å². The Balaban J connectivity index is 2.49. The van der Waals surface area contributed by atoms with Crippen LogP contribution in [-0.4, -0.2) is 57.4 Å². The Kier molecular flexibility index (Phi) is 6.55. The van der Waals surface area contributed by atoms with Gasteiger partial charge in [-0.15, -0.1) is 0 Å². The Morgan fingerprint density at radius 1 is 1.39 bits per heavy atom. The summed E-state index contributed by atoms with van der Waals surface area (Å²) in [5.41, 5.74) is 0. The van der Waals surface area contributed by atoms with Gasteiger partial charge in [-0.2, -0.15) is 0 Å². The summed E-state index contributed by atoms with van der Waals surface area (Å²) in [5.74, 6) is 0.458. The van der Waals surface area contributed by atoms with Crippen molar-refractivity contribution in [2.75, 3.05) is 38.6 Å². The fraction of sp³-hybridized carbons (Fsp3) is 1.00. The van der Waals surface area contributed by atoms with E-state index >= 15 is 0 Å². The van der Waals surface area contributed by atoms with E-state index in [9.17, 15) is 8.42 Å². The normalized spacial score (nSPS) is 26.4. The third-order valence-electron chi connectivity index (χ3n) is 3.42. The highest BCUT2D eigenvalue weighted by Crippen LogP contribution is 2.19. The molecule has 18 heavy (non-hydrogen) atoms. The zero-order valence-electron chi connectivity index (χ0n) is 11.7. The van der Waals surface area contributed by atoms with Crippen LogP contribution in [-0.2, 0) is 14.8 Å². The third kappa shape index (κ3) is 4.50. The molecule has 1 saturated heterocycles. The summed E-state index contributed by atoms with van der Waals surface area (Å²) in [4.78, 5) is 0. The van der Waals surface area contributed by atoms with Gasteiger partial charge in [-0.25, -0.2) is 12.7 Å². The molecule has 0 bridgehead atoms. The van der Waals surface area contributed by atoms with Crippen molar-refractivity contribution in [3.8, 4) is 0 Å². The second-order valence-electron chi connectivity index (χ2n) is 4.80. The molecule has 0 aromatic carbocycles. The van der Waals surface area contributed by atoms with Gasteiger partial charge in [0.1, 0.15) is 0 Å². The fourth-order valence-electron chi connectivity index (χ4n) is 2.36. The number of nitrogens with one attached hydrogen (secondary N) is 1. The summed E-state index contributed by atoms with van der Waals surface area (Å²) in [6.07, 6.45) is 0.892. The Morgan fingerprint density at radius 2 is 2.11 bits per heavy atom. The molecule has 0 aliphatic carbocycles. The highest BCUT2D eigenvalue weighted by Gasteiger charge is 2.31. The van der Waals surface area contributed by atoms with E-state index in [1.807, 2.05) is 6.92 Å². The van der Waals surface area contributed by atoms with E-state index in [0.717, 1.165) is 13.0 Å². The van der Waals surface area contributed by atoms with Crippen molar-refractivity contribution in [2.45, 2.75) is 33.2 Å². The number of piperidine rings is 1. The molecule has 1 rings (SSSR count). The lowest BCUT2D eigenvalue weighted by molar-refractivity contribution is 0.161. The van der Waals surface area contributed by atoms with Gasteiger partial charge in [0.2, 0.25) is 10.0 Å². The number of hydrogen-bond donors (Lipinski definition) is 1. The molecule has 1 aliphatic rings. The van der Waals surface area contributed by atoms with Crippen LogP contribution < -0.4 is 5.32 Å². The number of ether oxygens (including phenoxy) is 1. The Bertz CT molecular complexity index is 332. The molecule has 0 aromatic heterocycles. The highest BCUT2D eigenvalue weighted by molar-refractivity contribution is 7.89. The fourth-order valence-corrected chi connectivity index (χ4v) is 3.80. The van der Waals surface area contributed by atoms with Gasteiger partial charge in [0.05, 0.1) is 12.4 Å². The summed E-state index contributed by atoms with van der Waals surface area (Å²) < 4.78 is 30.9. The molecule has 0 saturated carbocycles. The molecule has 1 aliphatic heterocycles. The maximum atomic E-state index is 12.1. The van der Waals surface area contributed by atoms with Crippen molar-refractivity contribution >= 4 is 10.0 Å². The van der Waals surface area contributed by atoms with Crippen LogP contribution in [0.4, 0.5) is 0 Å². The van der Waals surface area contributed by atoms with Crippen molar-refractivity contribution in [3.63, 3.8) is 0 Å². The van der Waals surface area contributed by atoms with Crippen LogP contribution in [0.25, 0.3) is 0 Å². The van der Waals surface area contributed by atoms with Gasteiger partial charge in [0.15, 0.2) is 0 Å². The zero-order valence-corrected chi connectivity index (χ0v) is 12.5. The molecule has 0 amide bonds. The molecule has 1 N–H and O–H groups in total. The number of hydrogen-bond acceptors (Lipinski definition) is 4. The maximum Gasteiger partial charge on any atom is 0.216 e. The van der Waals surface area contributed by atoms with Crippen LogP contribution in [0.2, 0.25) is 0 Å². The quantitative estimate of drug-likeness (QED) is 0.696. The molecule has 5 nitrogen and oxygen atoms in total. The van der Waals surface area contributed by atoms with Crippen molar-refractivity contribution in [2.24, 2.45) is 5.92 Å². The van der Waals surface area contributed by atoms with E-state index in [1.54, 1.807) is 4.31 Å². The number of rotatable bonds is 7. The van der Waals surface area contributed by atoms with Crippen LogP contribution in [0, 0.1) is 5.92 Å². The highest BCUT2D eigenvalue weighted by atomic mass is 32.2. The van der Waals surface area contributed by atoms with Crippen LogP contribution in [0.15, 0.2) is 0 Å². The maximum absolute atomic E-state index is 12.1. The molecule has 1 fully saturated rings. The molecule has 1 heterocycles. The van der Waals surface area contributed by atoms with Crippen LogP contribution >= 0.6 is 0 Å². The predicted molar refractivity (Wildman–Crippen MR) is 73.1 cm³/mol. The minimum Gasteiger partial charge on any atom is -0.381 e. The van der Waals surface area contributed by atoms with E-state index in [4.69, 9.17) is 4.74 Å². The molecule has 2 unspecified atom stereocenters. The lowest BCUT2D eigenvalue weighted by Crippen LogP contribution is -2.50. The second kappa shape index (κ2) is 7.43. The minimum atomic E-state index is -3.15. The average molecular weight is 278 g/mol. The molecule has 0 spiro atoms. The van der Waals surface area contributed by atoms with E-state index in [-0.39, 0.29) is 5.75 Å². The summed E-state index contributed by atoms with van der Waals surface area (Å²) in [6, 6.07) is 0.438. The first-order chi connectivity index (χ1) is 8.51. The Hall–Kier alpha value is -0.170. The topological polar surface area (TPSA) is 58.6 Å². The molecule has 0 radical (unpaired) electrons. The van der Waals surface area contributed by atoms with Gasteiger partial charge in [-0.05, 0) is 25.8 Å². The lowest BCUT2D eigenvalue weighted by Gasteiger charge is -2.36.